The van der Waals surface area contributed by atoms with E-state index in [0.717, 1.165) is 94.2 Å². The lowest BCUT2D eigenvalue weighted by Gasteiger charge is -2.31. The van der Waals surface area contributed by atoms with Crippen molar-refractivity contribution in [3.8, 4) is 0 Å². The van der Waals surface area contributed by atoms with Gasteiger partial charge in [-0.05, 0) is 125 Å². The number of anilines is 1. The van der Waals surface area contributed by atoms with E-state index in [-0.39, 0.29) is 23.8 Å². The van der Waals surface area contributed by atoms with Crippen LogP contribution >= 0.6 is 0 Å². The maximum atomic E-state index is 12.0. The molecule has 3 aliphatic carbocycles. The maximum Gasteiger partial charge on any atom is 0.217 e. The first-order valence-electron chi connectivity index (χ1n) is 25.1. The Balaban J connectivity index is 0.000000381. The Hall–Kier alpha value is -5.30. The number of ether oxygens (including phenoxy) is 1. The predicted octanol–water partition coefficient (Wildman–Crippen LogP) is 14.4. The van der Waals surface area contributed by atoms with Crippen molar-refractivity contribution >= 4 is 17.4 Å². The third-order valence-corrected chi connectivity index (χ3v) is 12.0. The van der Waals surface area contributed by atoms with Gasteiger partial charge < -0.3 is 25.6 Å². The molecular formula is C59H86N4O3. The summed E-state index contributed by atoms with van der Waals surface area (Å²) in [6.45, 7) is 35.9. The lowest BCUT2D eigenvalue weighted by atomic mass is 9.85. The summed E-state index contributed by atoms with van der Waals surface area (Å²) < 4.78 is 6.25. The third-order valence-electron chi connectivity index (χ3n) is 12.0. The molecule has 3 N–H and O–H groups in total. The molecule has 0 heterocycles. The first-order valence-corrected chi connectivity index (χ1v) is 25.1. The van der Waals surface area contributed by atoms with Crippen LogP contribution in [0.15, 0.2) is 150 Å². The summed E-state index contributed by atoms with van der Waals surface area (Å²) >= 11 is 0. The predicted molar refractivity (Wildman–Crippen MR) is 282 cm³/mol. The molecule has 4 atom stereocenters. The summed E-state index contributed by atoms with van der Waals surface area (Å²) in [6.07, 6.45) is 22.5. The largest absolute Gasteiger partial charge is 0.478 e. The van der Waals surface area contributed by atoms with E-state index in [9.17, 15) is 9.59 Å². The number of ketones is 1. The molecule has 0 aromatic heterocycles. The van der Waals surface area contributed by atoms with E-state index in [4.69, 9.17) is 4.74 Å². The molecule has 0 saturated heterocycles. The monoisotopic (exact) mass is 899 g/mol. The molecule has 0 saturated carbocycles. The first-order chi connectivity index (χ1) is 31.7. The zero-order valence-electron chi connectivity index (χ0n) is 42.7. The third kappa shape index (κ3) is 18.2. The number of amides is 1. The Morgan fingerprint density at radius 3 is 2.27 bits per heavy atom. The molecule has 7 heteroatoms. The van der Waals surface area contributed by atoms with Gasteiger partial charge in [-0.1, -0.05) is 152 Å². The van der Waals surface area contributed by atoms with Gasteiger partial charge in [-0.25, -0.2) is 0 Å². The van der Waals surface area contributed by atoms with Gasteiger partial charge in [0.15, 0.2) is 11.7 Å². The molecule has 1 amide bonds. The van der Waals surface area contributed by atoms with Crippen LogP contribution in [0.25, 0.3) is 0 Å². The molecule has 0 fully saturated rings. The number of hydrogen-bond donors (Lipinski definition) is 3. The number of unbranched alkanes of at least 4 members (excludes halogenated alkanes) is 2. The Labute approximate surface area is 401 Å². The molecule has 0 aliphatic heterocycles. The standard InChI is InChI=1S/C37H50N2O.C20H30N2O2.C2H6/c1-8-12-37(39(21-9-2)24-26(3)4)28(6)23-30-16-18-31(19-17-30)38-29(7)40-25-36-33-14-11-10-13-32(33)34-20-15-27(5)22-35(34)36;1-15(2)21-16(3)19(22-17(4)23)13-9-6-10-14-20(24)18-11-7-5-8-12-18;1-2/h11-12,14-20,27-28,36,38H,3,7-10,13,21-25H2,1-2,4-6H3;5,7-8,11-12,15,19,21H,3,6,9-10,13-14H2,1-2,4H3,(H,22,23);1-2H3/b37-12+;;. The van der Waals surface area contributed by atoms with Crippen LogP contribution < -0.4 is 16.0 Å². The van der Waals surface area contributed by atoms with Crippen LogP contribution in [0, 0.1) is 17.8 Å². The Morgan fingerprint density at radius 2 is 1.64 bits per heavy atom. The molecule has 5 rings (SSSR count). The average molecular weight is 899 g/mol. The number of rotatable bonds is 25. The van der Waals surface area contributed by atoms with Crippen molar-refractivity contribution < 1.29 is 14.3 Å². The number of carbonyl (C=O) groups is 2. The maximum absolute atomic E-state index is 12.0. The fourth-order valence-electron chi connectivity index (χ4n) is 9.13. The van der Waals surface area contributed by atoms with Gasteiger partial charge in [-0.3, -0.25) is 9.59 Å². The molecule has 4 unspecified atom stereocenters. The number of carbonyl (C=O) groups excluding carboxylic acids is 2. The number of hydrogen-bond acceptors (Lipinski definition) is 6. The molecule has 7 nitrogen and oxygen atoms in total. The highest BCUT2D eigenvalue weighted by Gasteiger charge is 2.34. The van der Waals surface area contributed by atoms with E-state index in [1.807, 2.05) is 58.0 Å². The molecular weight excluding hydrogens is 813 g/mol. The van der Waals surface area contributed by atoms with Crippen molar-refractivity contribution in [2.24, 2.45) is 17.8 Å². The Kier molecular flexibility index (Phi) is 24.5. The van der Waals surface area contributed by atoms with E-state index in [0.29, 0.717) is 36.7 Å². The van der Waals surface area contributed by atoms with Crippen LogP contribution in [-0.2, 0) is 16.0 Å². The van der Waals surface area contributed by atoms with Crippen LogP contribution in [0.1, 0.15) is 149 Å². The van der Waals surface area contributed by atoms with E-state index in [1.54, 1.807) is 5.57 Å². The number of nitrogens with one attached hydrogen (secondary N) is 3. The molecule has 2 aromatic rings. The Bertz CT molecular complexity index is 2030. The van der Waals surface area contributed by atoms with E-state index < -0.39 is 0 Å². The van der Waals surface area contributed by atoms with Gasteiger partial charge in [0, 0.05) is 61.0 Å². The van der Waals surface area contributed by atoms with Gasteiger partial charge >= 0.3 is 0 Å². The second-order valence-electron chi connectivity index (χ2n) is 18.5. The minimum Gasteiger partial charge on any atom is -0.478 e. The molecule has 3 aliphatic rings. The molecule has 0 spiro atoms. The molecule has 0 bridgehead atoms. The van der Waals surface area contributed by atoms with Crippen molar-refractivity contribution in [3.63, 3.8) is 0 Å². The lowest BCUT2D eigenvalue weighted by Crippen LogP contribution is -2.40. The van der Waals surface area contributed by atoms with Gasteiger partial charge in [0.25, 0.3) is 0 Å². The molecule has 2 aromatic carbocycles. The highest BCUT2D eigenvalue weighted by atomic mass is 16.5. The van der Waals surface area contributed by atoms with Gasteiger partial charge in [-0.2, -0.15) is 0 Å². The number of allylic oxidation sites excluding steroid dienone is 8. The minimum absolute atomic E-state index is 0.0500. The van der Waals surface area contributed by atoms with Crippen LogP contribution in [0.4, 0.5) is 5.69 Å². The van der Waals surface area contributed by atoms with Crippen molar-refractivity contribution in [3.05, 3.63) is 161 Å². The van der Waals surface area contributed by atoms with Crippen LogP contribution in [0.5, 0.6) is 0 Å². The normalized spacial score (nSPS) is 17.0. The van der Waals surface area contributed by atoms with Crippen molar-refractivity contribution in [1.29, 1.82) is 0 Å². The van der Waals surface area contributed by atoms with Crippen molar-refractivity contribution in [2.75, 3.05) is 25.0 Å². The van der Waals surface area contributed by atoms with Gasteiger partial charge in [-0.15, -0.1) is 0 Å². The second kappa shape index (κ2) is 29.4. The van der Waals surface area contributed by atoms with Gasteiger partial charge in [0.1, 0.15) is 6.61 Å². The zero-order chi connectivity index (χ0) is 48.6. The van der Waals surface area contributed by atoms with Crippen LogP contribution in [-0.4, -0.2) is 48.4 Å². The van der Waals surface area contributed by atoms with E-state index in [1.165, 1.54) is 40.5 Å². The summed E-state index contributed by atoms with van der Waals surface area (Å²) in [6, 6.07) is 18.4. The van der Waals surface area contributed by atoms with Gasteiger partial charge in [0.05, 0.1) is 6.04 Å². The highest BCUT2D eigenvalue weighted by molar-refractivity contribution is 5.95. The van der Waals surface area contributed by atoms with Gasteiger partial charge in [0.2, 0.25) is 5.91 Å². The SMILES string of the molecule is C=C(C)CN(CCC)/C(=C/CC)C(C)Cc1ccc(NC(=C)OCC2C3=C(CCC=C3)C3=C2CC(C)C=C3)cc1.C=C(NC(C)C)C(CCCCCC(=O)c1ccccc1)NC(C)=O.CC. The number of Topliss-reactive ketones (excluding diaryl/α,β-unsaturated/α-hetero) is 1. The highest BCUT2D eigenvalue weighted by Crippen LogP contribution is 2.47. The topological polar surface area (TPSA) is 82.7 Å². The van der Waals surface area contributed by atoms with Crippen LogP contribution in [0.3, 0.4) is 0 Å². The summed E-state index contributed by atoms with van der Waals surface area (Å²) in [7, 11) is 0. The zero-order valence-corrected chi connectivity index (χ0v) is 42.7. The van der Waals surface area contributed by atoms with Crippen molar-refractivity contribution in [1.82, 2.24) is 15.5 Å². The van der Waals surface area contributed by atoms with Crippen LogP contribution in [0.2, 0.25) is 0 Å². The number of nitrogens with zero attached hydrogens (tertiary/aromatic N) is 1. The minimum atomic E-state index is -0.0604. The quantitative estimate of drug-likeness (QED) is 0.0399. The number of benzene rings is 2. The lowest BCUT2D eigenvalue weighted by molar-refractivity contribution is -0.119. The smallest absolute Gasteiger partial charge is 0.217 e. The van der Waals surface area contributed by atoms with Crippen molar-refractivity contribution in [2.45, 2.75) is 152 Å². The average Bonchev–Trinajstić information content (AvgIpc) is 3.60. The molecule has 0 radical (unpaired) electrons. The summed E-state index contributed by atoms with van der Waals surface area (Å²) in [5.74, 6) is 2.12. The fourth-order valence-corrected chi connectivity index (χ4v) is 9.13. The van der Waals surface area contributed by atoms with E-state index in [2.05, 4.69) is 130 Å². The second-order valence-corrected chi connectivity index (χ2v) is 18.5. The summed E-state index contributed by atoms with van der Waals surface area (Å²) in [4.78, 5) is 25.9. The first kappa shape index (κ1) is 55.0. The summed E-state index contributed by atoms with van der Waals surface area (Å²) in [5.41, 5.74) is 12.7. The fraction of sp³-hybridized carbons (Fsp3) is 0.492. The molecule has 360 valence electrons. The summed E-state index contributed by atoms with van der Waals surface area (Å²) in [5, 5.41) is 9.60. The molecule has 66 heavy (non-hydrogen) atoms. The Morgan fingerprint density at radius 1 is 0.924 bits per heavy atom. The van der Waals surface area contributed by atoms with E-state index >= 15 is 0 Å². The number of fused-ring (bicyclic) bond motifs is 1.